The zero-order valence-electron chi connectivity index (χ0n) is 14.6. The smallest absolute Gasteiger partial charge is 0.310 e. The molecule has 1 aromatic carbocycles. The third-order valence-corrected chi connectivity index (χ3v) is 4.56. The number of carbonyl (C=O) groups is 2. The quantitative estimate of drug-likeness (QED) is 0.780. The molecule has 1 amide bonds. The van der Waals surface area contributed by atoms with Gasteiger partial charge in [0.25, 0.3) is 5.91 Å². The van der Waals surface area contributed by atoms with E-state index in [-0.39, 0.29) is 18.9 Å². The van der Waals surface area contributed by atoms with Crippen LogP contribution in [0.5, 0.6) is 5.75 Å². The first kappa shape index (κ1) is 17.3. The maximum Gasteiger partial charge on any atom is 0.310 e. The first-order chi connectivity index (χ1) is 12.1. The van der Waals surface area contributed by atoms with Gasteiger partial charge in [0, 0.05) is 30.1 Å². The molecule has 1 fully saturated rings. The Labute approximate surface area is 146 Å². The number of nitrogens with zero attached hydrogens (tertiary/aromatic N) is 1. The van der Waals surface area contributed by atoms with Crippen LogP contribution in [0.3, 0.4) is 0 Å². The van der Waals surface area contributed by atoms with Crippen molar-refractivity contribution in [3.63, 3.8) is 0 Å². The minimum Gasteiger partial charge on any atom is -0.497 e. The van der Waals surface area contributed by atoms with Crippen LogP contribution in [0.25, 0.3) is 11.0 Å². The molecule has 0 unspecified atom stereocenters. The topological polar surface area (TPSA) is 69.0 Å². The number of hydrogen-bond acceptors (Lipinski definition) is 5. The number of likely N-dealkylation sites (tertiary alicyclic amines) is 1. The minimum atomic E-state index is -0.433. The van der Waals surface area contributed by atoms with E-state index in [1.54, 1.807) is 24.3 Å². The number of carbonyl (C=O) groups excluding carboxylic acids is 2. The molecule has 3 rings (SSSR count). The van der Waals surface area contributed by atoms with Crippen LogP contribution in [0.15, 0.2) is 28.9 Å². The van der Waals surface area contributed by atoms with Crippen LogP contribution < -0.4 is 4.74 Å². The van der Waals surface area contributed by atoms with Crippen molar-refractivity contribution in [3.05, 3.63) is 30.0 Å². The van der Waals surface area contributed by atoms with Gasteiger partial charge in [-0.05, 0) is 30.9 Å². The number of hydrogen-bond donors (Lipinski definition) is 0. The molecule has 2 aromatic rings. The molecule has 25 heavy (non-hydrogen) atoms. The minimum absolute atomic E-state index is 0.0724. The van der Waals surface area contributed by atoms with Gasteiger partial charge in [0.15, 0.2) is 6.61 Å². The molecule has 0 spiro atoms. The Morgan fingerprint density at radius 2 is 2.20 bits per heavy atom. The lowest BCUT2D eigenvalue weighted by Gasteiger charge is -2.30. The number of fused-ring (bicyclic) bond motifs is 1. The maximum atomic E-state index is 12.1. The average Bonchev–Trinajstić information content (AvgIpc) is 3.01. The Morgan fingerprint density at radius 1 is 1.36 bits per heavy atom. The predicted molar refractivity (Wildman–Crippen MR) is 92.4 cm³/mol. The molecule has 1 atom stereocenters. The van der Waals surface area contributed by atoms with Crippen molar-refractivity contribution in [2.24, 2.45) is 5.92 Å². The molecule has 6 nitrogen and oxygen atoms in total. The summed E-state index contributed by atoms with van der Waals surface area (Å²) in [6, 6.07) is 5.43. The molecule has 1 aromatic heterocycles. The van der Waals surface area contributed by atoms with Gasteiger partial charge in [-0.1, -0.05) is 6.92 Å². The SMILES string of the molecule is COc1ccc2c(CC(=O)OCC(=O)N3CCC[C@@H](C)C3)coc2c1. The highest BCUT2D eigenvalue weighted by Crippen LogP contribution is 2.26. The number of benzene rings is 1. The molecule has 0 radical (unpaired) electrons. The highest BCUT2D eigenvalue weighted by molar-refractivity contribution is 5.87. The van der Waals surface area contributed by atoms with Gasteiger partial charge in [0.1, 0.15) is 11.3 Å². The van der Waals surface area contributed by atoms with E-state index in [0.717, 1.165) is 36.9 Å². The summed E-state index contributed by atoms with van der Waals surface area (Å²) < 4.78 is 15.8. The zero-order chi connectivity index (χ0) is 17.8. The highest BCUT2D eigenvalue weighted by Gasteiger charge is 2.22. The number of ether oxygens (including phenoxy) is 2. The summed E-state index contributed by atoms with van der Waals surface area (Å²) in [4.78, 5) is 26.0. The Hall–Kier alpha value is -2.50. The lowest BCUT2D eigenvalue weighted by atomic mass is 10.0. The van der Waals surface area contributed by atoms with E-state index in [1.807, 2.05) is 12.1 Å². The van der Waals surface area contributed by atoms with E-state index < -0.39 is 5.97 Å². The third-order valence-electron chi connectivity index (χ3n) is 4.56. The van der Waals surface area contributed by atoms with Gasteiger partial charge in [-0.15, -0.1) is 0 Å². The number of esters is 1. The molecule has 0 bridgehead atoms. The fraction of sp³-hybridized carbons (Fsp3) is 0.474. The monoisotopic (exact) mass is 345 g/mol. The number of methoxy groups -OCH3 is 1. The molecule has 134 valence electrons. The van der Waals surface area contributed by atoms with Crippen LogP contribution in [0.2, 0.25) is 0 Å². The zero-order valence-corrected chi connectivity index (χ0v) is 14.6. The normalized spacial score (nSPS) is 17.5. The summed E-state index contributed by atoms with van der Waals surface area (Å²) >= 11 is 0. The van der Waals surface area contributed by atoms with E-state index in [2.05, 4.69) is 6.92 Å². The van der Waals surface area contributed by atoms with Crippen molar-refractivity contribution in [2.75, 3.05) is 26.8 Å². The van der Waals surface area contributed by atoms with Gasteiger partial charge in [-0.3, -0.25) is 9.59 Å². The van der Waals surface area contributed by atoms with Crippen LogP contribution in [0, 0.1) is 5.92 Å². The molecule has 0 aliphatic carbocycles. The molecule has 2 heterocycles. The van der Waals surface area contributed by atoms with Crippen molar-refractivity contribution in [2.45, 2.75) is 26.2 Å². The fourth-order valence-corrected chi connectivity index (χ4v) is 3.18. The number of amides is 1. The van der Waals surface area contributed by atoms with E-state index in [1.165, 1.54) is 0 Å². The van der Waals surface area contributed by atoms with E-state index in [4.69, 9.17) is 13.9 Å². The summed E-state index contributed by atoms with van der Waals surface area (Å²) in [5, 5.41) is 0.842. The Morgan fingerprint density at radius 3 is 2.96 bits per heavy atom. The van der Waals surface area contributed by atoms with Crippen molar-refractivity contribution < 1.29 is 23.5 Å². The lowest BCUT2D eigenvalue weighted by molar-refractivity contribution is -0.152. The van der Waals surface area contributed by atoms with Crippen LogP contribution in [0.4, 0.5) is 0 Å². The summed E-state index contributed by atoms with van der Waals surface area (Å²) in [5.41, 5.74) is 1.39. The van der Waals surface area contributed by atoms with Gasteiger partial charge in [-0.25, -0.2) is 0 Å². The summed E-state index contributed by atoms with van der Waals surface area (Å²) in [5.74, 6) is 0.638. The van der Waals surface area contributed by atoms with E-state index in [9.17, 15) is 9.59 Å². The second-order valence-electron chi connectivity index (χ2n) is 6.55. The van der Waals surface area contributed by atoms with Crippen molar-refractivity contribution >= 4 is 22.8 Å². The standard InChI is InChI=1S/C19H23NO5/c1-13-4-3-7-20(10-13)18(21)12-25-19(22)8-14-11-24-17-9-15(23-2)5-6-16(14)17/h5-6,9,11,13H,3-4,7-8,10,12H2,1-2H3/t13-/m1/s1. The van der Waals surface area contributed by atoms with Gasteiger partial charge in [0.05, 0.1) is 19.8 Å². The Bertz CT molecular complexity index is 766. The average molecular weight is 345 g/mol. The van der Waals surface area contributed by atoms with E-state index >= 15 is 0 Å². The van der Waals surface area contributed by atoms with Gasteiger partial charge >= 0.3 is 5.97 Å². The lowest BCUT2D eigenvalue weighted by Crippen LogP contribution is -2.41. The van der Waals surface area contributed by atoms with Crippen LogP contribution in [-0.2, 0) is 20.7 Å². The molecule has 0 N–H and O–H groups in total. The summed E-state index contributed by atoms with van der Waals surface area (Å²) in [6.45, 7) is 3.42. The van der Waals surface area contributed by atoms with Gasteiger partial charge in [-0.2, -0.15) is 0 Å². The second-order valence-corrected chi connectivity index (χ2v) is 6.55. The largest absolute Gasteiger partial charge is 0.497 e. The van der Waals surface area contributed by atoms with Crippen LogP contribution in [-0.4, -0.2) is 43.6 Å². The van der Waals surface area contributed by atoms with Gasteiger partial charge in [0.2, 0.25) is 0 Å². The summed E-state index contributed by atoms with van der Waals surface area (Å²) in [6.07, 6.45) is 3.76. The van der Waals surface area contributed by atoms with E-state index in [0.29, 0.717) is 17.3 Å². The Balaban J connectivity index is 1.55. The first-order valence-electron chi connectivity index (χ1n) is 8.54. The number of rotatable bonds is 5. The fourth-order valence-electron chi connectivity index (χ4n) is 3.18. The van der Waals surface area contributed by atoms with Crippen molar-refractivity contribution in [1.29, 1.82) is 0 Å². The van der Waals surface area contributed by atoms with Crippen molar-refractivity contribution in [3.8, 4) is 5.75 Å². The third kappa shape index (κ3) is 4.13. The highest BCUT2D eigenvalue weighted by atomic mass is 16.5. The molecule has 0 saturated carbocycles. The van der Waals surface area contributed by atoms with Crippen LogP contribution in [0.1, 0.15) is 25.3 Å². The molecular weight excluding hydrogens is 322 g/mol. The first-order valence-corrected chi connectivity index (χ1v) is 8.54. The molecular formula is C19H23NO5. The predicted octanol–water partition coefficient (Wildman–Crippen LogP) is 2.79. The summed E-state index contributed by atoms with van der Waals surface area (Å²) in [7, 11) is 1.59. The molecule has 6 heteroatoms. The molecule has 1 aliphatic rings. The number of furan rings is 1. The Kier molecular flexibility index (Phi) is 5.26. The van der Waals surface area contributed by atoms with Crippen LogP contribution >= 0.6 is 0 Å². The number of piperidine rings is 1. The molecule has 1 aliphatic heterocycles. The van der Waals surface area contributed by atoms with Crippen molar-refractivity contribution in [1.82, 2.24) is 4.90 Å². The maximum absolute atomic E-state index is 12.1. The molecule has 1 saturated heterocycles. The second kappa shape index (κ2) is 7.59. The van der Waals surface area contributed by atoms with Gasteiger partial charge < -0.3 is 18.8 Å².